The molecule has 2 rings (SSSR count). The van der Waals surface area contributed by atoms with E-state index < -0.39 is 11.9 Å². The van der Waals surface area contributed by atoms with Crippen molar-refractivity contribution in [3.05, 3.63) is 69.2 Å². The van der Waals surface area contributed by atoms with E-state index in [4.69, 9.17) is 23.2 Å². The fraction of sp³-hybridized carbons (Fsp3) is 0.0556. The number of hydrogen-bond donors (Lipinski definition) is 1. The Balaban J connectivity index is 2.24. The number of benzene rings is 2. The summed E-state index contributed by atoms with van der Waals surface area (Å²) in [4.78, 5) is 23.7. The lowest BCUT2D eigenvalue weighted by atomic mass is 10.1. The van der Waals surface area contributed by atoms with E-state index in [1.165, 1.54) is 25.3 Å². The highest BCUT2D eigenvalue weighted by molar-refractivity contribution is 6.40. The molecule has 0 aliphatic rings. The van der Waals surface area contributed by atoms with E-state index in [1.807, 2.05) is 6.07 Å². The number of nitrogens with one attached hydrogen (secondary N) is 1. The molecular formula is C18H12Cl2N2O3. The summed E-state index contributed by atoms with van der Waals surface area (Å²) in [6.45, 7) is 0. The Morgan fingerprint density at radius 3 is 2.24 bits per heavy atom. The molecule has 0 aliphatic heterocycles. The number of halogens is 2. The minimum atomic E-state index is -0.644. The van der Waals surface area contributed by atoms with Gasteiger partial charge in [-0.1, -0.05) is 41.4 Å². The molecular weight excluding hydrogens is 363 g/mol. The summed E-state index contributed by atoms with van der Waals surface area (Å²) < 4.78 is 4.61. The van der Waals surface area contributed by atoms with Gasteiger partial charge in [-0.05, 0) is 35.9 Å². The highest BCUT2D eigenvalue weighted by Gasteiger charge is 2.14. The lowest BCUT2D eigenvalue weighted by Crippen LogP contribution is -2.14. The average Bonchev–Trinajstić information content (AvgIpc) is 2.62. The van der Waals surface area contributed by atoms with Crippen molar-refractivity contribution in [1.82, 2.24) is 0 Å². The number of para-hydroxylation sites is 1. The second kappa shape index (κ2) is 8.34. The first-order valence-electron chi connectivity index (χ1n) is 7.01. The van der Waals surface area contributed by atoms with Crippen molar-refractivity contribution in [1.29, 1.82) is 5.26 Å². The molecule has 2 aromatic carbocycles. The summed E-state index contributed by atoms with van der Waals surface area (Å²) in [5.41, 5.74) is 1.04. The number of rotatable bonds is 4. The lowest BCUT2D eigenvalue weighted by molar-refractivity contribution is -0.112. The van der Waals surface area contributed by atoms with Gasteiger partial charge in [0, 0.05) is 0 Å². The van der Waals surface area contributed by atoms with Gasteiger partial charge < -0.3 is 10.1 Å². The Bertz CT molecular complexity index is 864. The highest BCUT2D eigenvalue weighted by Crippen LogP contribution is 2.30. The number of hydrogen-bond acceptors (Lipinski definition) is 4. The number of nitriles is 1. The molecule has 0 fully saturated rings. The van der Waals surface area contributed by atoms with Crippen molar-refractivity contribution in [2.75, 3.05) is 12.4 Å². The third-order valence-electron chi connectivity index (χ3n) is 3.21. The molecule has 0 unspecified atom stereocenters. The number of esters is 1. The summed E-state index contributed by atoms with van der Waals surface area (Å²) in [6, 6.07) is 12.9. The Kier molecular flexibility index (Phi) is 6.18. The van der Waals surface area contributed by atoms with Crippen LogP contribution >= 0.6 is 23.2 Å². The minimum Gasteiger partial charge on any atom is -0.465 e. The standard InChI is InChI=1S/C18H12Cl2N2O3/c1-25-18(24)12-7-5-11(6-8-12)9-13(10-21)17(23)22-16-14(19)3-2-4-15(16)20/h2-9H,1H3,(H,22,23)/b13-9+. The molecule has 2 aromatic rings. The molecule has 0 saturated heterocycles. The van der Waals surface area contributed by atoms with Crippen LogP contribution in [-0.2, 0) is 9.53 Å². The van der Waals surface area contributed by atoms with Gasteiger partial charge in [0.05, 0.1) is 28.4 Å². The third-order valence-corrected chi connectivity index (χ3v) is 3.84. The van der Waals surface area contributed by atoms with Crippen LogP contribution in [0.15, 0.2) is 48.0 Å². The molecule has 1 N–H and O–H groups in total. The summed E-state index contributed by atoms with van der Waals surface area (Å²) in [6.07, 6.45) is 1.39. The zero-order valence-corrected chi connectivity index (χ0v) is 14.6. The number of carbonyl (C=O) groups excluding carboxylic acids is 2. The molecule has 0 bridgehead atoms. The van der Waals surface area contributed by atoms with Gasteiger partial charge in [-0.2, -0.15) is 5.26 Å². The molecule has 0 spiro atoms. The van der Waals surface area contributed by atoms with Crippen LogP contribution in [0, 0.1) is 11.3 Å². The van der Waals surface area contributed by atoms with Gasteiger partial charge in [-0.25, -0.2) is 4.79 Å². The van der Waals surface area contributed by atoms with E-state index >= 15 is 0 Å². The van der Waals surface area contributed by atoms with E-state index in [0.717, 1.165) is 0 Å². The van der Waals surface area contributed by atoms with Crippen molar-refractivity contribution in [3.63, 3.8) is 0 Å². The molecule has 0 aliphatic carbocycles. The van der Waals surface area contributed by atoms with Crippen LogP contribution in [0.3, 0.4) is 0 Å². The fourth-order valence-corrected chi connectivity index (χ4v) is 2.44. The van der Waals surface area contributed by atoms with E-state index in [-0.39, 0.29) is 21.3 Å². The largest absolute Gasteiger partial charge is 0.465 e. The Morgan fingerprint density at radius 2 is 1.72 bits per heavy atom. The molecule has 0 heterocycles. The Labute approximate surface area is 154 Å². The molecule has 25 heavy (non-hydrogen) atoms. The predicted octanol–water partition coefficient (Wildman–Crippen LogP) is 4.33. The molecule has 0 atom stereocenters. The quantitative estimate of drug-likeness (QED) is 0.490. The van der Waals surface area contributed by atoms with Crippen LogP contribution in [0.2, 0.25) is 10.0 Å². The van der Waals surface area contributed by atoms with Gasteiger partial charge in [0.2, 0.25) is 0 Å². The Hall–Kier alpha value is -2.81. The maximum absolute atomic E-state index is 12.3. The maximum atomic E-state index is 12.3. The summed E-state index contributed by atoms with van der Waals surface area (Å²) in [5.74, 6) is -1.11. The van der Waals surface area contributed by atoms with Gasteiger partial charge in [-0.3, -0.25) is 4.79 Å². The molecule has 0 saturated carbocycles. The molecule has 0 aromatic heterocycles. The smallest absolute Gasteiger partial charge is 0.337 e. The number of amides is 1. The lowest BCUT2D eigenvalue weighted by Gasteiger charge is -2.08. The van der Waals surface area contributed by atoms with Gasteiger partial charge in [0.15, 0.2) is 0 Å². The van der Waals surface area contributed by atoms with E-state index in [0.29, 0.717) is 11.1 Å². The maximum Gasteiger partial charge on any atom is 0.337 e. The summed E-state index contributed by atoms with van der Waals surface area (Å²) in [5, 5.41) is 12.3. The van der Waals surface area contributed by atoms with Crippen LogP contribution in [0.4, 0.5) is 5.69 Å². The van der Waals surface area contributed by atoms with E-state index in [9.17, 15) is 14.9 Å². The normalized spacial score (nSPS) is 10.7. The minimum absolute atomic E-state index is 0.137. The van der Waals surface area contributed by atoms with Crippen LogP contribution in [0.1, 0.15) is 15.9 Å². The zero-order valence-electron chi connectivity index (χ0n) is 13.0. The van der Waals surface area contributed by atoms with Crippen LogP contribution < -0.4 is 5.32 Å². The van der Waals surface area contributed by atoms with Gasteiger partial charge in [-0.15, -0.1) is 0 Å². The number of anilines is 1. The van der Waals surface area contributed by atoms with Crippen molar-refractivity contribution in [2.24, 2.45) is 0 Å². The van der Waals surface area contributed by atoms with Crippen LogP contribution in [-0.4, -0.2) is 19.0 Å². The molecule has 1 amide bonds. The van der Waals surface area contributed by atoms with Crippen LogP contribution in [0.25, 0.3) is 6.08 Å². The van der Waals surface area contributed by atoms with Crippen LogP contribution in [0.5, 0.6) is 0 Å². The molecule has 126 valence electrons. The van der Waals surface area contributed by atoms with Crippen molar-refractivity contribution >= 4 is 46.8 Å². The van der Waals surface area contributed by atoms with E-state index in [2.05, 4.69) is 10.1 Å². The number of nitrogens with zero attached hydrogens (tertiary/aromatic N) is 1. The SMILES string of the molecule is COC(=O)c1ccc(/C=C(\C#N)C(=O)Nc2c(Cl)cccc2Cl)cc1. The Morgan fingerprint density at radius 1 is 1.12 bits per heavy atom. The van der Waals surface area contributed by atoms with Gasteiger partial charge in [0.25, 0.3) is 5.91 Å². The molecule has 7 heteroatoms. The van der Waals surface area contributed by atoms with Gasteiger partial charge in [0.1, 0.15) is 11.6 Å². The van der Waals surface area contributed by atoms with Crippen molar-refractivity contribution in [2.45, 2.75) is 0 Å². The molecule has 0 radical (unpaired) electrons. The predicted molar refractivity (Wildman–Crippen MR) is 96.5 cm³/mol. The molecule has 5 nitrogen and oxygen atoms in total. The fourth-order valence-electron chi connectivity index (χ4n) is 1.95. The monoisotopic (exact) mass is 374 g/mol. The summed E-state index contributed by atoms with van der Waals surface area (Å²) >= 11 is 12.0. The van der Waals surface area contributed by atoms with Crippen molar-refractivity contribution < 1.29 is 14.3 Å². The second-order valence-corrected chi connectivity index (χ2v) is 5.65. The first-order valence-corrected chi connectivity index (χ1v) is 7.77. The average molecular weight is 375 g/mol. The first kappa shape index (κ1) is 18.5. The third kappa shape index (κ3) is 4.60. The van der Waals surface area contributed by atoms with E-state index in [1.54, 1.807) is 30.3 Å². The second-order valence-electron chi connectivity index (χ2n) is 4.83. The van der Waals surface area contributed by atoms with Crippen molar-refractivity contribution in [3.8, 4) is 6.07 Å². The zero-order chi connectivity index (χ0) is 18.4. The topological polar surface area (TPSA) is 79.2 Å². The number of ether oxygens (including phenoxy) is 1. The first-order chi connectivity index (χ1) is 12.0. The van der Waals surface area contributed by atoms with Gasteiger partial charge >= 0.3 is 5.97 Å². The summed E-state index contributed by atoms with van der Waals surface area (Å²) in [7, 11) is 1.29. The highest BCUT2D eigenvalue weighted by atomic mass is 35.5. The number of carbonyl (C=O) groups is 2. The number of methoxy groups -OCH3 is 1.